The zero-order valence-corrected chi connectivity index (χ0v) is 11.0. The number of halogens is 3. The number of hydrogen-bond acceptors (Lipinski definition) is 2. The van der Waals surface area contributed by atoms with Crippen LogP contribution in [-0.2, 0) is 11.0 Å². The molecule has 0 fully saturated rings. The Morgan fingerprint density at radius 3 is 2.57 bits per heavy atom. The Morgan fingerprint density at radius 2 is 2.00 bits per heavy atom. The summed E-state index contributed by atoms with van der Waals surface area (Å²) in [7, 11) is 1.43. The van der Waals surface area contributed by atoms with Crippen molar-refractivity contribution in [3.63, 3.8) is 0 Å². The molecule has 1 aromatic rings. The number of rotatable bonds is 2. The summed E-state index contributed by atoms with van der Waals surface area (Å²) in [4.78, 5) is 25.4. The van der Waals surface area contributed by atoms with Crippen molar-refractivity contribution in [2.24, 2.45) is 5.73 Å². The summed E-state index contributed by atoms with van der Waals surface area (Å²) >= 11 is 0. The molecule has 0 aromatic heterocycles. The van der Waals surface area contributed by atoms with Gasteiger partial charge in [0.15, 0.2) is 0 Å². The van der Waals surface area contributed by atoms with E-state index in [1.165, 1.54) is 30.3 Å². The van der Waals surface area contributed by atoms with Crippen molar-refractivity contribution >= 4 is 17.6 Å². The van der Waals surface area contributed by atoms with Crippen LogP contribution in [0.1, 0.15) is 5.56 Å². The van der Waals surface area contributed by atoms with Crippen molar-refractivity contribution in [2.75, 3.05) is 18.5 Å². The average molecular weight is 299 g/mol. The molecule has 0 radical (unpaired) electrons. The predicted molar refractivity (Wildman–Crippen MR) is 69.2 cm³/mol. The first-order chi connectivity index (χ1) is 9.70. The maximum absolute atomic E-state index is 12.7. The van der Waals surface area contributed by atoms with Crippen molar-refractivity contribution in [3.05, 3.63) is 41.6 Å². The van der Waals surface area contributed by atoms with Crippen molar-refractivity contribution in [1.82, 2.24) is 4.90 Å². The highest BCUT2D eigenvalue weighted by Gasteiger charge is 2.32. The first kappa shape index (κ1) is 14.9. The van der Waals surface area contributed by atoms with Gasteiger partial charge in [0.25, 0.3) is 0 Å². The second kappa shape index (κ2) is 5.12. The number of primary amides is 1. The van der Waals surface area contributed by atoms with E-state index < -0.39 is 23.7 Å². The number of hydrogen-bond donors (Lipinski definition) is 1. The van der Waals surface area contributed by atoms with Crippen molar-refractivity contribution in [3.8, 4) is 0 Å². The lowest BCUT2D eigenvalue weighted by Crippen LogP contribution is -2.45. The molecule has 3 amide bonds. The Morgan fingerprint density at radius 1 is 1.33 bits per heavy atom. The van der Waals surface area contributed by atoms with Gasteiger partial charge in [0.1, 0.15) is 0 Å². The topological polar surface area (TPSA) is 66.6 Å². The second-order valence-electron chi connectivity index (χ2n) is 4.58. The quantitative estimate of drug-likeness (QED) is 0.907. The molecule has 112 valence electrons. The highest BCUT2D eigenvalue weighted by Crippen LogP contribution is 2.32. The van der Waals surface area contributed by atoms with Crippen LogP contribution in [0, 0.1) is 0 Å². The van der Waals surface area contributed by atoms with Gasteiger partial charge < -0.3 is 10.6 Å². The van der Waals surface area contributed by atoms with E-state index in [0.29, 0.717) is 0 Å². The van der Waals surface area contributed by atoms with E-state index in [1.807, 2.05) is 0 Å². The summed E-state index contributed by atoms with van der Waals surface area (Å²) in [6, 6.07) is 3.74. The third-order valence-corrected chi connectivity index (χ3v) is 2.99. The fourth-order valence-corrected chi connectivity index (χ4v) is 1.92. The summed E-state index contributed by atoms with van der Waals surface area (Å²) in [6.45, 7) is 0.0175. The minimum Gasteiger partial charge on any atom is -0.366 e. The number of likely N-dealkylation sites (N-methyl/N-ethyl adjacent to an activating group) is 1. The normalized spacial score (nSPS) is 16.0. The average Bonchev–Trinajstić information content (AvgIpc) is 2.40. The van der Waals surface area contributed by atoms with Crippen molar-refractivity contribution < 1.29 is 22.8 Å². The molecular formula is C13H12F3N3O2. The number of urea groups is 1. The standard InChI is InChI=1S/C13H12F3N3O2/c1-18-6-8(11(17)20)7-19(12(18)21)10-4-2-3-9(5-10)13(14,15)16/h2-5,7H,6H2,1H3,(H2,17,20). The van der Waals surface area contributed by atoms with E-state index in [0.717, 1.165) is 17.0 Å². The Balaban J connectivity index is 2.46. The highest BCUT2D eigenvalue weighted by molar-refractivity contribution is 6.01. The van der Waals surface area contributed by atoms with Crippen molar-refractivity contribution in [2.45, 2.75) is 6.18 Å². The molecule has 0 unspecified atom stereocenters. The molecule has 1 heterocycles. The van der Waals surface area contributed by atoms with Gasteiger partial charge in [-0.15, -0.1) is 0 Å². The van der Waals surface area contributed by atoms with Gasteiger partial charge in [0.2, 0.25) is 5.91 Å². The molecule has 1 aromatic carbocycles. The lowest BCUT2D eigenvalue weighted by atomic mass is 10.1. The molecule has 0 saturated carbocycles. The molecule has 2 rings (SSSR count). The number of alkyl halides is 3. The fraction of sp³-hybridized carbons (Fsp3) is 0.231. The summed E-state index contributed by atoms with van der Waals surface area (Å²) in [5.41, 5.74) is 4.43. The monoisotopic (exact) mass is 299 g/mol. The molecule has 8 heteroatoms. The number of carbonyl (C=O) groups is 2. The zero-order valence-electron chi connectivity index (χ0n) is 11.0. The fourth-order valence-electron chi connectivity index (χ4n) is 1.92. The number of amides is 3. The van der Waals surface area contributed by atoms with Gasteiger partial charge in [-0.1, -0.05) is 6.07 Å². The summed E-state index contributed by atoms with van der Waals surface area (Å²) in [6.07, 6.45) is -3.35. The first-order valence-electron chi connectivity index (χ1n) is 5.92. The number of anilines is 1. The van der Waals surface area contributed by atoms with Crippen molar-refractivity contribution in [1.29, 1.82) is 0 Å². The van der Waals surface area contributed by atoms with Gasteiger partial charge in [-0.2, -0.15) is 13.2 Å². The van der Waals surface area contributed by atoms with E-state index >= 15 is 0 Å². The number of benzene rings is 1. The molecule has 0 aliphatic carbocycles. The van der Waals surface area contributed by atoms with Crippen LogP contribution in [0.3, 0.4) is 0 Å². The Bertz CT molecular complexity index is 625. The second-order valence-corrected chi connectivity index (χ2v) is 4.58. The lowest BCUT2D eigenvalue weighted by Gasteiger charge is -2.31. The van der Waals surface area contributed by atoms with Crippen LogP contribution in [-0.4, -0.2) is 30.4 Å². The summed E-state index contributed by atoms with van der Waals surface area (Å²) in [5, 5.41) is 0. The maximum atomic E-state index is 12.7. The molecule has 1 aliphatic heterocycles. The molecule has 21 heavy (non-hydrogen) atoms. The smallest absolute Gasteiger partial charge is 0.366 e. The van der Waals surface area contributed by atoms with E-state index in [9.17, 15) is 22.8 Å². The maximum Gasteiger partial charge on any atom is 0.416 e. The van der Waals surface area contributed by atoms with Gasteiger partial charge in [-0.05, 0) is 18.2 Å². The molecule has 0 spiro atoms. The number of carbonyl (C=O) groups excluding carboxylic acids is 2. The molecule has 0 atom stereocenters. The largest absolute Gasteiger partial charge is 0.416 e. The third-order valence-electron chi connectivity index (χ3n) is 2.99. The Labute approximate surface area is 118 Å². The predicted octanol–water partition coefficient (Wildman–Crippen LogP) is 1.95. The van der Waals surface area contributed by atoms with Crippen LogP contribution in [0.25, 0.3) is 0 Å². The van der Waals surface area contributed by atoms with Gasteiger partial charge in [-0.25, -0.2) is 4.79 Å². The minimum atomic E-state index is -4.52. The molecular weight excluding hydrogens is 287 g/mol. The number of nitrogens with two attached hydrogens (primary N) is 1. The van der Waals surface area contributed by atoms with Crippen LogP contribution in [0.5, 0.6) is 0 Å². The summed E-state index contributed by atoms with van der Waals surface area (Å²) < 4.78 is 38.1. The molecule has 5 nitrogen and oxygen atoms in total. The molecule has 0 saturated heterocycles. The highest BCUT2D eigenvalue weighted by atomic mass is 19.4. The molecule has 2 N–H and O–H groups in total. The van der Waals surface area contributed by atoms with Gasteiger partial charge in [0.05, 0.1) is 23.4 Å². The molecule has 1 aliphatic rings. The van der Waals surface area contributed by atoms with Gasteiger partial charge in [-0.3, -0.25) is 9.69 Å². The SMILES string of the molecule is CN1CC(C(N)=O)=CN(c2cccc(C(F)(F)F)c2)C1=O. The van der Waals surface area contributed by atoms with E-state index in [2.05, 4.69) is 0 Å². The summed E-state index contributed by atoms with van der Waals surface area (Å²) in [5.74, 6) is -0.730. The van der Waals surface area contributed by atoms with Crippen LogP contribution < -0.4 is 10.6 Å². The molecule has 0 bridgehead atoms. The third kappa shape index (κ3) is 2.99. The van der Waals surface area contributed by atoms with Gasteiger partial charge in [0, 0.05) is 13.2 Å². The van der Waals surface area contributed by atoms with E-state index in [-0.39, 0.29) is 17.8 Å². The zero-order chi connectivity index (χ0) is 15.8. The minimum absolute atomic E-state index is 0.0140. The van der Waals surface area contributed by atoms with E-state index in [1.54, 1.807) is 0 Å². The first-order valence-corrected chi connectivity index (χ1v) is 5.92. The lowest BCUT2D eigenvalue weighted by molar-refractivity contribution is -0.137. The van der Waals surface area contributed by atoms with Gasteiger partial charge >= 0.3 is 12.2 Å². The Hall–Kier alpha value is -2.51. The van der Waals surface area contributed by atoms with E-state index in [4.69, 9.17) is 5.73 Å². The van der Waals surface area contributed by atoms with Crippen LogP contribution in [0.4, 0.5) is 23.7 Å². The number of nitrogens with zero attached hydrogens (tertiary/aromatic N) is 2. The van der Waals surface area contributed by atoms with Crippen LogP contribution in [0.15, 0.2) is 36.0 Å². The Kier molecular flexibility index (Phi) is 3.63. The van der Waals surface area contributed by atoms with Crippen LogP contribution >= 0.6 is 0 Å². The van der Waals surface area contributed by atoms with Crippen LogP contribution in [0.2, 0.25) is 0 Å².